The van der Waals surface area contributed by atoms with Crippen LogP contribution >= 0.6 is 0 Å². The van der Waals surface area contributed by atoms with Crippen LogP contribution in [0.4, 0.5) is 5.69 Å². The highest BCUT2D eigenvalue weighted by molar-refractivity contribution is 6.09. The van der Waals surface area contributed by atoms with Crippen LogP contribution in [0.5, 0.6) is 5.75 Å². The lowest BCUT2D eigenvalue weighted by molar-refractivity contribution is 0.0955. The molecule has 0 bridgehead atoms. The number of anilines is 1. The highest BCUT2D eigenvalue weighted by atomic mass is 16.5. The average Bonchev–Trinajstić information content (AvgIpc) is 2.65. The topological polar surface area (TPSA) is 93.4 Å². The molecule has 0 unspecified atom stereocenters. The Hall–Kier alpha value is -2.86. The van der Waals surface area contributed by atoms with E-state index in [1.165, 1.54) is 0 Å². The van der Waals surface area contributed by atoms with Crippen molar-refractivity contribution in [3.05, 3.63) is 59.7 Å². The van der Waals surface area contributed by atoms with Crippen LogP contribution in [-0.2, 0) is 0 Å². The van der Waals surface area contributed by atoms with Gasteiger partial charge < -0.3 is 21.1 Å². The normalized spacial score (nSPS) is 10.2. The van der Waals surface area contributed by atoms with E-state index in [4.69, 9.17) is 10.5 Å². The van der Waals surface area contributed by atoms with Gasteiger partial charge in [-0.2, -0.15) is 0 Å². The van der Waals surface area contributed by atoms with Gasteiger partial charge in [0, 0.05) is 18.7 Å². The molecule has 0 atom stereocenters. The smallest absolute Gasteiger partial charge is 0.255 e. The van der Waals surface area contributed by atoms with Crippen LogP contribution in [0.2, 0.25) is 0 Å². The van der Waals surface area contributed by atoms with E-state index in [-0.39, 0.29) is 11.8 Å². The van der Waals surface area contributed by atoms with E-state index in [9.17, 15) is 9.59 Å². The van der Waals surface area contributed by atoms with E-state index < -0.39 is 0 Å². The predicted octanol–water partition coefficient (Wildman–Crippen LogP) is 2.42. The Morgan fingerprint density at radius 1 is 1.08 bits per heavy atom. The van der Waals surface area contributed by atoms with Gasteiger partial charge in [0.2, 0.25) is 0 Å². The first-order valence-corrected chi connectivity index (χ1v) is 8.27. The van der Waals surface area contributed by atoms with Crippen molar-refractivity contribution < 1.29 is 14.3 Å². The van der Waals surface area contributed by atoms with Crippen molar-refractivity contribution in [1.29, 1.82) is 0 Å². The van der Waals surface area contributed by atoms with Crippen molar-refractivity contribution in [2.75, 3.05) is 25.0 Å². The van der Waals surface area contributed by atoms with E-state index in [1.54, 1.807) is 48.5 Å². The van der Waals surface area contributed by atoms with Crippen molar-refractivity contribution in [2.24, 2.45) is 5.73 Å². The number of carbonyl (C=O) groups excluding carboxylic acids is 2. The molecule has 0 aliphatic heterocycles. The molecule has 0 saturated carbocycles. The monoisotopic (exact) mass is 341 g/mol. The number of hydrogen-bond acceptors (Lipinski definition) is 4. The number of para-hydroxylation sites is 1. The van der Waals surface area contributed by atoms with Gasteiger partial charge >= 0.3 is 0 Å². The molecule has 0 aromatic heterocycles. The number of ether oxygens (including phenoxy) is 1. The molecule has 132 valence electrons. The first-order chi connectivity index (χ1) is 12.2. The lowest BCUT2D eigenvalue weighted by Crippen LogP contribution is -2.30. The maximum absolute atomic E-state index is 12.5. The Morgan fingerprint density at radius 2 is 1.88 bits per heavy atom. The van der Waals surface area contributed by atoms with Gasteiger partial charge in [0.15, 0.2) is 0 Å². The van der Waals surface area contributed by atoms with Gasteiger partial charge in [-0.25, -0.2) is 0 Å². The third-order valence-electron chi connectivity index (χ3n) is 3.42. The number of rotatable bonds is 8. The molecular formula is C19H23N3O3. The number of carbonyl (C=O) groups is 2. The maximum atomic E-state index is 12.5. The van der Waals surface area contributed by atoms with Gasteiger partial charge in [-0.15, -0.1) is 0 Å². The molecule has 2 aromatic carbocycles. The van der Waals surface area contributed by atoms with E-state index in [1.807, 2.05) is 6.92 Å². The maximum Gasteiger partial charge on any atom is 0.255 e. The zero-order valence-electron chi connectivity index (χ0n) is 14.2. The second-order valence-corrected chi connectivity index (χ2v) is 5.42. The van der Waals surface area contributed by atoms with Gasteiger partial charge in [0.1, 0.15) is 5.75 Å². The number of benzene rings is 2. The molecule has 2 aromatic rings. The molecule has 6 nitrogen and oxygen atoms in total. The fourth-order valence-electron chi connectivity index (χ4n) is 2.21. The minimum atomic E-state index is -0.305. The van der Waals surface area contributed by atoms with Crippen molar-refractivity contribution in [2.45, 2.75) is 13.3 Å². The lowest BCUT2D eigenvalue weighted by Gasteiger charge is -2.12. The summed E-state index contributed by atoms with van der Waals surface area (Å²) in [6.07, 6.45) is 0.891. The van der Waals surface area contributed by atoms with Gasteiger partial charge in [0.05, 0.1) is 17.9 Å². The zero-order valence-corrected chi connectivity index (χ0v) is 14.2. The minimum Gasteiger partial charge on any atom is -0.494 e. The standard InChI is InChI=1S/C19H23N3O3/c1-2-12-25-15-7-5-6-14(13-15)18(23)22-17-9-4-3-8-16(17)19(24)21-11-10-20/h3-9,13H,2,10-12,20H2,1H3,(H,21,24)(H,22,23). The van der Waals surface area contributed by atoms with E-state index in [0.29, 0.717) is 42.3 Å². The first kappa shape index (κ1) is 18.5. The molecule has 25 heavy (non-hydrogen) atoms. The predicted molar refractivity (Wildman–Crippen MR) is 98.0 cm³/mol. The second kappa shape index (κ2) is 9.44. The molecule has 0 aliphatic rings. The Bertz CT molecular complexity index is 731. The van der Waals surface area contributed by atoms with Crippen LogP contribution in [0.15, 0.2) is 48.5 Å². The third-order valence-corrected chi connectivity index (χ3v) is 3.42. The fraction of sp³-hybridized carbons (Fsp3) is 0.263. The quantitative estimate of drug-likeness (QED) is 0.687. The fourth-order valence-corrected chi connectivity index (χ4v) is 2.21. The first-order valence-electron chi connectivity index (χ1n) is 8.27. The van der Waals surface area contributed by atoms with E-state index >= 15 is 0 Å². The van der Waals surface area contributed by atoms with Gasteiger partial charge in [-0.05, 0) is 36.8 Å². The van der Waals surface area contributed by atoms with E-state index in [2.05, 4.69) is 10.6 Å². The van der Waals surface area contributed by atoms with Crippen molar-refractivity contribution in [1.82, 2.24) is 5.32 Å². The minimum absolute atomic E-state index is 0.277. The van der Waals surface area contributed by atoms with Gasteiger partial charge in [-0.3, -0.25) is 9.59 Å². The van der Waals surface area contributed by atoms with Gasteiger partial charge in [-0.1, -0.05) is 25.1 Å². The Morgan fingerprint density at radius 3 is 2.64 bits per heavy atom. The van der Waals surface area contributed by atoms with Crippen molar-refractivity contribution in [3.8, 4) is 5.75 Å². The van der Waals surface area contributed by atoms with Crippen LogP contribution in [0.3, 0.4) is 0 Å². The van der Waals surface area contributed by atoms with Crippen LogP contribution in [-0.4, -0.2) is 31.5 Å². The molecule has 0 aliphatic carbocycles. The van der Waals surface area contributed by atoms with E-state index in [0.717, 1.165) is 6.42 Å². The summed E-state index contributed by atoms with van der Waals surface area (Å²) in [5, 5.41) is 5.48. The van der Waals surface area contributed by atoms with Crippen LogP contribution in [0.25, 0.3) is 0 Å². The molecule has 0 saturated heterocycles. The van der Waals surface area contributed by atoms with Crippen LogP contribution in [0, 0.1) is 0 Å². The molecule has 0 heterocycles. The summed E-state index contributed by atoms with van der Waals surface area (Å²) in [7, 11) is 0. The molecular weight excluding hydrogens is 318 g/mol. The highest BCUT2D eigenvalue weighted by Crippen LogP contribution is 2.18. The van der Waals surface area contributed by atoms with Crippen LogP contribution < -0.4 is 21.1 Å². The summed E-state index contributed by atoms with van der Waals surface area (Å²) in [4.78, 5) is 24.7. The third kappa shape index (κ3) is 5.32. The molecule has 0 radical (unpaired) electrons. The number of nitrogens with one attached hydrogen (secondary N) is 2. The Kier molecular flexibility index (Phi) is 6.98. The SMILES string of the molecule is CCCOc1cccc(C(=O)Nc2ccccc2C(=O)NCCN)c1. The summed E-state index contributed by atoms with van der Waals surface area (Å²) in [5.41, 5.74) is 6.70. The largest absolute Gasteiger partial charge is 0.494 e. The average molecular weight is 341 g/mol. The van der Waals surface area contributed by atoms with Gasteiger partial charge in [0.25, 0.3) is 11.8 Å². The molecule has 2 rings (SSSR count). The molecule has 0 spiro atoms. The van der Waals surface area contributed by atoms with Crippen molar-refractivity contribution in [3.63, 3.8) is 0 Å². The number of nitrogens with two attached hydrogens (primary N) is 1. The summed E-state index contributed by atoms with van der Waals surface area (Å²) in [6, 6.07) is 13.8. The van der Waals surface area contributed by atoms with Crippen LogP contribution in [0.1, 0.15) is 34.1 Å². The molecule has 4 N–H and O–H groups in total. The lowest BCUT2D eigenvalue weighted by atomic mass is 10.1. The summed E-state index contributed by atoms with van der Waals surface area (Å²) in [6.45, 7) is 3.33. The zero-order chi connectivity index (χ0) is 18.1. The summed E-state index contributed by atoms with van der Waals surface area (Å²) < 4.78 is 5.55. The second-order valence-electron chi connectivity index (χ2n) is 5.42. The summed E-state index contributed by atoms with van der Waals surface area (Å²) in [5.74, 6) is 0.0610. The Labute approximate surface area is 147 Å². The molecule has 6 heteroatoms. The van der Waals surface area contributed by atoms with Crippen molar-refractivity contribution >= 4 is 17.5 Å². The Balaban J connectivity index is 2.14. The highest BCUT2D eigenvalue weighted by Gasteiger charge is 2.14. The number of amides is 2. The molecule has 2 amide bonds. The molecule has 0 fully saturated rings. The number of hydrogen-bond donors (Lipinski definition) is 3. The summed E-state index contributed by atoms with van der Waals surface area (Å²) >= 11 is 0.